The van der Waals surface area contributed by atoms with Gasteiger partial charge in [-0.2, -0.15) is 0 Å². The maximum absolute atomic E-state index is 12.5. The Labute approximate surface area is 154 Å². The van der Waals surface area contributed by atoms with Crippen LogP contribution in [0.4, 0.5) is 0 Å². The number of nitrogens with two attached hydrogens (primary N) is 1. The molecular weight excluding hydrogens is 380 g/mol. The third-order valence-electron chi connectivity index (χ3n) is 3.49. The summed E-state index contributed by atoms with van der Waals surface area (Å²) in [7, 11) is 1.80. The van der Waals surface area contributed by atoms with E-state index in [4.69, 9.17) is 10.5 Å². The molecule has 23 heavy (non-hydrogen) atoms. The number of halogens is 2. The maximum atomic E-state index is 12.5. The third kappa shape index (κ3) is 7.55. The van der Waals surface area contributed by atoms with Gasteiger partial charge in [0.25, 0.3) is 5.91 Å². The first-order chi connectivity index (χ1) is 10.2. The Kier molecular flexibility index (Phi) is 9.82. The highest BCUT2D eigenvalue weighted by Crippen LogP contribution is 2.23. The van der Waals surface area contributed by atoms with Crippen molar-refractivity contribution in [3.63, 3.8) is 0 Å². The molecule has 0 aliphatic rings. The molecule has 1 rings (SSSR count). The molecule has 1 amide bonds. The summed E-state index contributed by atoms with van der Waals surface area (Å²) in [6, 6.07) is 5.57. The van der Waals surface area contributed by atoms with Crippen LogP contribution in [0.1, 0.15) is 44.5 Å². The van der Waals surface area contributed by atoms with Gasteiger partial charge in [0, 0.05) is 29.7 Å². The highest BCUT2D eigenvalue weighted by atomic mass is 79.9. The second kappa shape index (κ2) is 10.2. The Bertz CT molecular complexity index is 509. The van der Waals surface area contributed by atoms with Gasteiger partial charge in [-0.05, 0) is 44.4 Å². The summed E-state index contributed by atoms with van der Waals surface area (Å²) >= 11 is 3.43. The summed E-state index contributed by atoms with van der Waals surface area (Å²) < 4.78 is 6.51. The van der Waals surface area contributed by atoms with Gasteiger partial charge in [-0.1, -0.05) is 29.8 Å². The second-order valence-corrected chi connectivity index (χ2v) is 7.18. The molecule has 0 fully saturated rings. The minimum Gasteiger partial charge on any atom is -0.491 e. The van der Waals surface area contributed by atoms with Gasteiger partial charge in [0.05, 0.1) is 6.10 Å². The van der Waals surface area contributed by atoms with Crippen LogP contribution in [0, 0.1) is 5.92 Å². The predicted octanol–water partition coefficient (Wildman–Crippen LogP) is 4.10. The molecule has 0 heterocycles. The largest absolute Gasteiger partial charge is 0.491 e. The topological polar surface area (TPSA) is 55.6 Å². The fourth-order valence-corrected chi connectivity index (χ4v) is 2.50. The molecule has 1 atom stereocenters. The molecule has 0 bridgehead atoms. The fourth-order valence-electron chi connectivity index (χ4n) is 2.02. The standard InChI is InChI=1S/C17H27BrN2O2.ClH/c1-11(2)16(19)6-7-20(5)17(21)13-8-14(18)10-15(9-13)22-12(3)4;/h8-12,16H,6-7,19H2,1-5H3;1H. The fraction of sp³-hybridized carbons (Fsp3) is 0.588. The quantitative estimate of drug-likeness (QED) is 0.740. The van der Waals surface area contributed by atoms with Crippen molar-refractivity contribution in [1.29, 1.82) is 0 Å². The van der Waals surface area contributed by atoms with Crippen molar-refractivity contribution in [3.05, 3.63) is 28.2 Å². The summed E-state index contributed by atoms with van der Waals surface area (Å²) in [6.07, 6.45) is 0.863. The Morgan fingerprint density at radius 3 is 2.39 bits per heavy atom. The van der Waals surface area contributed by atoms with Crippen LogP contribution in [-0.2, 0) is 0 Å². The summed E-state index contributed by atoms with van der Waals surface area (Å²) in [5.41, 5.74) is 6.66. The summed E-state index contributed by atoms with van der Waals surface area (Å²) in [5, 5.41) is 0. The minimum atomic E-state index is -0.0223. The molecule has 1 aromatic carbocycles. The Hall–Kier alpha value is -0.780. The van der Waals surface area contributed by atoms with Crippen LogP contribution in [0.5, 0.6) is 5.75 Å². The summed E-state index contributed by atoms with van der Waals surface area (Å²) in [6.45, 7) is 8.75. The molecule has 1 unspecified atom stereocenters. The first-order valence-electron chi connectivity index (χ1n) is 7.69. The Balaban J connectivity index is 0.00000484. The molecule has 0 spiro atoms. The lowest BCUT2D eigenvalue weighted by molar-refractivity contribution is 0.0788. The molecule has 2 N–H and O–H groups in total. The predicted molar refractivity (Wildman–Crippen MR) is 102 cm³/mol. The van der Waals surface area contributed by atoms with Crippen molar-refractivity contribution < 1.29 is 9.53 Å². The van der Waals surface area contributed by atoms with Gasteiger partial charge in [-0.3, -0.25) is 4.79 Å². The number of hydrogen-bond donors (Lipinski definition) is 1. The van der Waals surface area contributed by atoms with Gasteiger partial charge in [-0.15, -0.1) is 12.4 Å². The maximum Gasteiger partial charge on any atom is 0.253 e. The van der Waals surface area contributed by atoms with Gasteiger partial charge in [-0.25, -0.2) is 0 Å². The van der Waals surface area contributed by atoms with Crippen LogP contribution in [-0.4, -0.2) is 36.5 Å². The van der Waals surface area contributed by atoms with Gasteiger partial charge in [0.1, 0.15) is 5.75 Å². The van der Waals surface area contributed by atoms with Crippen LogP contribution in [0.25, 0.3) is 0 Å². The molecule has 132 valence electrons. The minimum absolute atomic E-state index is 0. The van der Waals surface area contributed by atoms with Crippen molar-refractivity contribution >= 4 is 34.2 Å². The van der Waals surface area contributed by atoms with Gasteiger partial charge in [0.2, 0.25) is 0 Å². The molecule has 0 saturated carbocycles. The number of nitrogens with zero attached hydrogens (tertiary/aromatic N) is 1. The molecule has 0 radical (unpaired) electrons. The summed E-state index contributed by atoms with van der Waals surface area (Å²) in [4.78, 5) is 14.2. The number of carbonyl (C=O) groups is 1. The van der Waals surface area contributed by atoms with E-state index in [9.17, 15) is 4.79 Å². The van der Waals surface area contributed by atoms with Gasteiger partial charge in [0.15, 0.2) is 0 Å². The number of rotatable bonds is 7. The van der Waals surface area contributed by atoms with Crippen molar-refractivity contribution in [2.45, 2.75) is 46.3 Å². The number of amides is 1. The van der Waals surface area contributed by atoms with Crippen LogP contribution in [0.3, 0.4) is 0 Å². The zero-order valence-electron chi connectivity index (χ0n) is 14.5. The van der Waals surface area contributed by atoms with E-state index in [-0.39, 0.29) is 30.5 Å². The van der Waals surface area contributed by atoms with Crippen molar-refractivity contribution in [3.8, 4) is 5.75 Å². The molecule has 6 heteroatoms. The van der Waals surface area contributed by atoms with E-state index >= 15 is 0 Å². The van der Waals surface area contributed by atoms with E-state index < -0.39 is 0 Å². The van der Waals surface area contributed by atoms with Crippen LogP contribution < -0.4 is 10.5 Å². The third-order valence-corrected chi connectivity index (χ3v) is 3.95. The van der Waals surface area contributed by atoms with Gasteiger partial charge >= 0.3 is 0 Å². The molecule has 0 aromatic heterocycles. The van der Waals surface area contributed by atoms with E-state index in [0.29, 0.717) is 23.8 Å². The molecule has 1 aromatic rings. The van der Waals surface area contributed by atoms with E-state index in [1.807, 2.05) is 26.0 Å². The number of benzene rings is 1. The molecule has 0 saturated heterocycles. The summed E-state index contributed by atoms with van der Waals surface area (Å²) in [5.74, 6) is 1.09. The van der Waals surface area contributed by atoms with Crippen LogP contribution >= 0.6 is 28.3 Å². The van der Waals surface area contributed by atoms with E-state index in [1.54, 1.807) is 18.0 Å². The molecule has 0 aliphatic heterocycles. The lowest BCUT2D eigenvalue weighted by Crippen LogP contribution is -2.34. The number of hydrogen-bond acceptors (Lipinski definition) is 3. The van der Waals surface area contributed by atoms with Crippen molar-refractivity contribution in [1.82, 2.24) is 4.90 Å². The van der Waals surface area contributed by atoms with Crippen molar-refractivity contribution in [2.75, 3.05) is 13.6 Å². The zero-order valence-corrected chi connectivity index (χ0v) is 16.9. The first kappa shape index (κ1) is 22.2. The smallest absolute Gasteiger partial charge is 0.253 e. The normalized spacial score (nSPS) is 12.0. The highest BCUT2D eigenvalue weighted by molar-refractivity contribution is 9.10. The molecule has 4 nitrogen and oxygen atoms in total. The number of ether oxygens (including phenoxy) is 1. The van der Waals surface area contributed by atoms with E-state index in [0.717, 1.165) is 10.9 Å². The highest BCUT2D eigenvalue weighted by Gasteiger charge is 2.16. The average molecular weight is 408 g/mol. The van der Waals surface area contributed by atoms with Crippen LogP contribution in [0.15, 0.2) is 22.7 Å². The molecular formula is C17H28BrClN2O2. The zero-order chi connectivity index (χ0) is 16.9. The lowest BCUT2D eigenvalue weighted by Gasteiger charge is -2.22. The molecule has 0 aliphatic carbocycles. The van der Waals surface area contributed by atoms with E-state index in [2.05, 4.69) is 29.8 Å². The SMILES string of the molecule is CC(C)Oc1cc(Br)cc(C(=O)N(C)CCC(N)C(C)C)c1.Cl. The second-order valence-electron chi connectivity index (χ2n) is 6.27. The number of carbonyl (C=O) groups excluding carboxylic acids is 1. The van der Waals surface area contributed by atoms with Gasteiger partial charge < -0.3 is 15.4 Å². The monoisotopic (exact) mass is 406 g/mol. The van der Waals surface area contributed by atoms with Crippen molar-refractivity contribution in [2.24, 2.45) is 11.7 Å². The average Bonchev–Trinajstić information content (AvgIpc) is 2.41. The first-order valence-corrected chi connectivity index (χ1v) is 8.48. The lowest BCUT2D eigenvalue weighted by atomic mass is 10.0. The Morgan fingerprint density at radius 1 is 1.26 bits per heavy atom. The van der Waals surface area contributed by atoms with Crippen LogP contribution in [0.2, 0.25) is 0 Å². The Morgan fingerprint density at radius 2 is 1.87 bits per heavy atom. The van der Waals surface area contributed by atoms with E-state index in [1.165, 1.54) is 0 Å².